The van der Waals surface area contributed by atoms with E-state index >= 15 is 0 Å². The number of quaternary nitrogens is 1. The third-order valence-electron chi connectivity index (χ3n) is 3.57. The molecule has 0 bridgehead atoms. The molecule has 2 atom stereocenters. The summed E-state index contributed by atoms with van der Waals surface area (Å²) in [6, 6.07) is 4.25. The van der Waals surface area contributed by atoms with Crippen molar-refractivity contribution >= 4 is 11.8 Å². The van der Waals surface area contributed by atoms with Crippen molar-refractivity contribution in [3.05, 3.63) is 35.4 Å². The van der Waals surface area contributed by atoms with Crippen LogP contribution in [0.2, 0.25) is 0 Å². The lowest BCUT2D eigenvalue weighted by Crippen LogP contribution is -3.09. The van der Waals surface area contributed by atoms with E-state index in [0.29, 0.717) is 18.7 Å². The van der Waals surface area contributed by atoms with Gasteiger partial charge in [-0.2, -0.15) is 13.2 Å². The Morgan fingerprint density at radius 1 is 1.20 bits per heavy atom. The van der Waals surface area contributed by atoms with Crippen molar-refractivity contribution in [1.29, 1.82) is 0 Å². The molecule has 140 valence electrons. The standard InChI is InChI=1S/C17H24F3N3O2/c1-4-9-21-16(25)12(2)22-15(24)11-23(3)10-13-5-7-14(8-6-13)17(18,19)20/h5-8,12H,4,9-11H2,1-3H3,(H,21,25)(H,22,24)/p+1/t12-/m0/s1. The molecular formula is C17H25F3N3O2+. The highest BCUT2D eigenvalue weighted by Crippen LogP contribution is 2.28. The van der Waals surface area contributed by atoms with E-state index in [9.17, 15) is 22.8 Å². The van der Waals surface area contributed by atoms with Crippen molar-refractivity contribution in [3.8, 4) is 0 Å². The number of carbonyl (C=O) groups is 2. The first-order valence-corrected chi connectivity index (χ1v) is 8.18. The summed E-state index contributed by atoms with van der Waals surface area (Å²) in [5.41, 5.74) is 0.00519. The lowest BCUT2D eigenvalue weighted by atomic mass is 10.1. The number of benzene rings is 1. The van der Waals surface area contributed by atoms with E-state index in [0.717, 1.165) is 23.5 Å². The van der Waals surface area contributed by atoms with E-state index in [1.807, 2.05) is 6.92 Å². The zero-order valence-electron chi connectivity index (χ0n) is 14.7. The Morgan fingerprint density at radius 2 is 1.80 bits per heavy atom. The number of likely N-dealkylation sites (N-methyl/N-ethyl adjacent to an activating group) is 1. The number of hydrogen-bond donors (Lipinski definition) is 3. The van der Waals surface area contributed by atoms with Crippen molar-refractivity contribution in [3.63, 3.8) is 0 Å². The molecule has 25 heavy (non-hydrogen) atoms. The summed E-state index contributed by atoms with van der Waals surface area (Å²) in [6.07, 6.45) is -3.54. The van der Waals surface area contributed by atoms with Gasteiger partial charge < -0.3 is 15.5 Å². The van der Waals surface area contributed by atoms with E-state index in [1.54, 1.807) is 14.0 Å². The predicted molar refractivity (Wildman–Crippen MR) is 87.8 cm³/mol. The molecule has 0 aliphatic heterocycles. The van der Waals surface area contributed by atoms with Gasteiger partial charge in [-0.05, 0) is 25.5 Å². The molecule has 1 unspecified atom stereocenters. The van der Waals surface area contributed by atoms with Crippen molar-refractivity contribution in [2.75, 3.05) is 20.1 Å². The molecule has 0 fully saturated rings. The molecule has 0 saturated heterocycles. The normalized spacial score (nSPS) is 13.8. The molecule has 5 nitrogen and oxygen atoms in total. The summed E-state index contributed by atoms with van der Waals surface area (Å²) < 4.78 is 37.6. The van der Waals surface area contributed by atoms with E-state index < -0.39 is 17.8 Å². The minimum absolute atomic E-state index is 0.117. The molecule has 1 rings (SSSR count). The quantitative estimate of drug-likeness (QED) is 0.641. The van der Waals surface area contributed by atoms with Crippen molar-refractivity contribution in [2.24, 2.45) is 0 Å². The fourth-order valence-corrected chi connectivity index (χ4v) is 2.26. The van der Waals surface area contributed by atoms with Gasteiger partial charge in [0.15, 0.2) is 6.54 Å². The number of halogens is 3. The van der Waals surface area contributed by atoms with Crippen LogP contribution in [0.1, 0.15) is 31.4 Å². The fraction of sp³-hybridized carbons (Fsp3) is 0.529. The molecule has 0 aliphatic carbocycles. The Morgan fingerprint density at radius 3 is 2.32 bits per heavy atom. The highest BCUT2D eigenvalue weighted by atomic mass is 19.4. The third kappa shape index (κ3) is 7.55. The highest BCUT2D eigenvalue weighted by molar-refractivity contribution is 5.87. The van der Waals surface area contributed by atoms with Crippen LogP contribution >= 0.6 is 0 Å². The fourth-order valence-electron chi connectivity index (χ4n) is 2.26. The lowest BCUT2D eigenvalue weighted by Gasteiger charge is -2.17. The van der Waals surface area contributed by atoms with Crippen LogP contribution in [0.4, 0.5) is 13.2 Å². The van der Waals surface area contributed by atoms with E-state index in [-0.39, 0.29) is 18.4 Å². The molecule has 0 heterocycles. The summed E-state index contributed by atoms with van der Waals surface area (Å²) >= 11 is 0. The maximum Gasteiger partial charge on any atom is 0.416 e. The minimum atomic E-state index is -4.36. The monoisotopic (exact) mass is 360 g/mol. The number of carbonyl (C=O) groups excluding carboxylic acids is 2. The van der Waals surface area contributed by atoms with E-state index in [4.69, 9.17) is 0 Å². The van der Waals surface area contributed by atoms with Gasteiger partial charge in [0.25, 0.3) is 5.91 Å². The largest absolute Gasteiger partial charge is 0.416 e. The topological polar surface area (TPSA) is 62.6 Å². The average Bonchev–Trinajstić information content (AvgIpc) is 2.51. The first-order valence-electron chi connectivity index (χ1n) is 8.18. The molecule has 1 aromatic rings. The molecule has 0 aliphatic rings. The number of rotatable bonds is 8. The zero-order chi connectivity index (χ0) is 19.0. The van der Waals surface area contributed by atoms with E-state index in [1.165, 1.54) is 12.1 Å². The highest BCUT2D eigenvalue weighted by Gasteiger charge is 2.30. The van der Waals surface area contributed by atoms with Crippen molar-refractivity contribution in [1.82, 2.24) is 10.6 Å². The maximum absolute atomic E-state index is 12.5. The third-order valence-corrected chi connectivity index (χ3v) is 3.57. The summed E-state index contributed by atoms with van der Waals surface area (Å²) in [4.78, 5) is 24.5. The Hall–Kier alpha value is -2.09. The van der Waals surface area contributed by atoms with Gasteiger partial charge in [0, 0.05) is 12.1 Å². The molecule has 0 aromatic heterocycles. The molecule has 3 N–H and O–H groups in total. The lowest BCUT2D eigenvalue weighted by molar-refractivity contribution is -0.885. The van der Waals surface area contributed by atoms with Gasteiger partial charge in [-0.3, -0.25) is 9.59 Å². The van der Waals surface area contributed by atoms with Crippen LogP contribution in [-0.4, -0.2) is 38.0 Å². The molecular weight excluding hydrogens is 335 g/mol. The second kappa shape index (κ2) is 9.41. The van der Waals surface area contributed by atoms with Crippen LogP contribution in [-0.2, 0) is 22.3 Å². The van der Waals surface area contributed by atoms with Crippen LogP contribution in [0.15, 0.2) is 24.3 Å². The number of amides is 2. The number of hydrogen-bond acceptors (Lipinski definition) is 2. The number of alkyl halides is 3. The zero-order valence-corrected chi connectivity index (χ0v) is 14.7. The predicted octanol–water partition coefficient (Wildman–Crippen LogP) is 0.751. The summed E-state index contributed by atoms with van der Waals surface area (Å²) in [5, 5.41) is 5.31. The van der Waals surface area contributed by atoms with Crippen LogP contribution in [0.3, 0.4) is 0 Å². The molecule has 0 spiro atoms. The van der Waals surface area contributed by atoms with Gasteiger partial charge in [-0.1, -0.05) is 19.1 Å². The number of nitrogens with one attached hydrogen (secondary N) is 3. The first-order chi connectivity index (χ1) is 11.6. The van der Waals surface area contributed by atoms with Gasteiger partial charge in [-0.15, -0.1) is 0 Å². The molecule has 0 radical (unpaired) electrons. The van der Waals surface area contributed by atoms with Crippen LogP contribution < -0.4 is 15.5 Å². The second-order valence-corrected chi connectivity index (χ2v) is 6.09. The SMILES string of the molecule is CCCNC(=O)[C@H](C)NC(=O)C[NH+](C)Cc1ccc(C(F)(F)F)cc1. The van der Waals surface area contributed by atoms with Gasteiger partial charge >= 0.3 is 6.18 Å². The average molecular weight is 360 g/mol. The minimum Gasteiger partial charge on any atom is -0.354 e. The second-order valence-electron chi connectivity index (χ2n) is 6.09. The van der Waals surface area contributed by atoms with Gasteiger partial charge in [-0.25, -0.2) is 0 Å². The summed E-state index contributed by atoms with van der Waals surface area (Å²) in [5.74, 6) is -0.529. The van der Waals surface area contributed by atoms with Gasteiger partial charge in [0.05, 0.1) is 12.6 Å². The van der Waals surface area contributed by atoms with Gasteiger partial charge in [0.2, 0.25) is 5.91 Å². The molecule has 0 saturated carbocycles. The van der Waals surface area contributed by atoms with Crippen LogP contribution in [0.5, 0.6) is 0 Å². The molecule has 8 heteroatoms. The van der Waals surface area contributed by atoms with Gasteiger partial charge in [0.1, 0.15) is 12.6 Å². The first kappa shape index (κ1) is 21.0. The Kier molecular flexibility index (Phi) is 7.89. The molecule has 2 amide bonds. The molecule has 1 aromatic carbocycles. The van der Waals surface area contributed by atoms with E-state index in [2.05, 4.69) is 10.6 Å². The Labute approximate surface area is 145 Å². The van der Waals surface area contributed by atoms with Crippen LogP contribution in [0, 0.1) is 0 Å². The maximum atomic E-state index is 12.5. The Balaban J connectivity index is 2.46. The summed E-state index contributed by atoms with van der Waals surface area (Å²) in [7, 11) is 1.76. The van der Waals surface area contributed by atoms with Crippen molar-refractivity contribution < 1.29 is 27.7 Å². The van der Waals surface area contributed by atoms with Crippen molar-refractivity contribution in [2.45, 2.75) is 39.0 Å². The summed E-state index contributed by atoms with van der Waals surface area (Å²) in [6.45, 7) is 4.61. The Bertz CT molecular complexity index is 573. The smallest absolute Gasteiger partial charge is 0.354 e. The van der Waals surface area contributed by atoms with Crippen LogP contribution in [0.25, 0.3) is 0 Å².